The molecule has 0 saturated carbocycles. The van der Waals surface area contributed by atoms with Crippen molar-refractivity contribution in [1.29, 1.82) is 0 Å². The largest absolute Gasteiger partial charge is 0.321 e. The van der Waals surface area contributed by atoms with Crippen molar-refractivity contribution < 1.29 is 4.79 Å². The molecule has 3 aromatic rings. The molecule has 0 unspecified atom stereocenters. The number of hydrogen-bond donors (Lipinski definition) is 1. The highest BCUT2D eigenvalue weighted by molar-refractivity contribution is 6.30. The molecular formula is C18H17ClN4O. The van der Waals surface area contributed by atoms with Crippen molar-refractivity contribution >= 4 is 40.3 Å². The molecule has 0 aliphatic rings. The summed E-state index contributed by atoms with van der Waals surface area (Å²) in [5.74, 6) is -0.229. The lowest BCUT2D eigenvalue weighted by atomic mass is 10.2. The first-order chi connectivity index (χ1) is 11.5. The van der Waals surface area contributed by atoms with Crippen LogP contribution in [0.2, 0.25) is 5.02 Å². The maximum Gasteiger partial charge on any atom is 0.248 e. The highest BCUT2D eigenvalue weighted by atomic mass is 35.5. The zero-order chi connectivity index (χ0) is 17.1. The van der Waals surface area contributed by atoms with E-state index in [9.17, 15) is 4.79 Å². The van der Waals surface area contributed by atoms with E-state index in [1.54, 1.807) is 30.6 Å². The number of rotatable bonds is 4. The van der Waals surface area contributed by atoms with Crippen molar-refractivity contribution in [1.82, 2.24) is 14.8 Å². The van der Waals surface area contributed by atoms with Crippen molar-refractivity contribution in [3.63, 3.8) is 0 Å². The summed E-state index contributed by atoms with van der Waals surface area (Å²) < 4.78 is 1.85. The summed E-state index contributed by atoms with van der Waals surface area (Å²) in [6.45, 7) is 4.09. The molecule has 1 N–H and O–H groups in total. The summed E-state index contributed by atoms with van der Waals surface area (Å²) in [6, 6.07) is 9.39. The summed E-state index contributed by atoms with van der Waals surface area (Å²) in [7, 11) is 0. The van der Waals surface area contributed by atoms with Crippen LogP contribution in [-0.4, -0.2) is 20.7 Å². The fourth-order valence-corrected chi connectivity index (χ4v) is 2.55. The van der Waals surface area contributed by atoms with E-state index >= 15 is 0 Å². The summed E-state index contributed by atoms with van der Waals surface area (Å²) in [6.07, 6.45) is 6.56. The Morgan fingerprint density at radius 2 is 2.12 bits per heavy atom. The molecule has 0 aliphatic heterocycles. The number of benzene rings is 1. The number of carbonyl (C=O) groups is 1. The summed E-state index contributed by atoms with van der Waals surface area (Å²) in [5, 5.41) is 8.64. The van der Waals surface area contributed by atoms with Crippen LogP contribution in [0.1, 0.15) is 25.5 Å². The van der Waals surface area contributed by atoms with Crippen LogP contribution in [0.4, 0.5) is 5.69 Å². The molecule has 0 fully saturated rings. The highest BCUT2D eigenvalue weighted by Gasteiger charge is 2.08. The lowest BCUT2D eigenvalue weighted by Crippen LogP contribution is -2.08. The van der Waals surface area contributed by atoms with Gasteiger partial charge in [-0.15, -0.1) is 0 Å². The number of amides is 1. The molecular weight excluding hydrogens is 324 g/mol. The predicted molar refractivity (Wildman–Crippen MR) is 97.0 cm³/mol. The van der Waals surface area contributed by atoms with Crippen LogP contribution in [-0.2, 0) is 4.79 Å². The number of pyridine rings is 1. The van der Waals surface area contributed by atoms with E-state index in [2.05, 4.69) is 15.4 Å². The van der Waals surface area contributed by atoms with Crippen LogP contribution in [0.25, 0.3) is 17.1 Å². The van der Waals surface area contributed by atoms with E-state index in [-0.39, 0.29) is 11.9 Å². The monoisotopic (exact) mass is 340 g/mol. The molecule has 1 aromatic carbocycles. The van der Waals surface area contributed by atoms with E-state index in [1.807, 2.05) is 36.7 Å². The molecule has 6 heteroatoms. The quantitative estimate of drug-likeness (QED) is 0.719. The first kappa shape index (κ1) is 16.2. The van der Waals surface area contributed by atoms with Crippen LogP contribution < -0.4 is 5.32 Å². The summed E-state index contributed by atoms with van der Waals surface area (Å²) in [4.78, 5) is 16.4. The lowest BCUT2D eigenvalue weighted by Gasteiger charge is -2.06. The van der Waals surface area contributed by atoms with Gasteiger partial charge < -0.3 is 5.32 Å². The predicted octanol–water partition coefficient (Wildman–Crippen LogP) is 4.32. The van der Waals surface area contributed by atoms with E-state index < -0.39 is 0 Å². The van der Waals surface area contributed by atoms with Crippen molar-refractivity contribution in [2.45, 2.75) is 19.9 Å². The molecule has 1 amide bonds. The molecule has 5 nitrogen and oxygen atoms in total. The fraction of sp³-hybridized carbons (Fsp3) is 0.167. The molecule has 0 aliphatic carbocycles. The van der Waals surface area contributed by atoms with Gasteiger partial charge in [0.2, 0.25) is 5.91 Å². The Morgan fingerprint density at radius 3 is 2.88 bits per heavy atom. The van der Waals surface area contributed by atoms with Gasteiger partial charge >= 0.3 is 0 Å². The molecule has 2 heterocycles. The smallest absolute Gasteiger partial charge is 0.248 e. The topological polar surface area (TPSA) is 59.8 Å². The van der Waals surface area contributed by atoms with E-state index in [4.69, 9.17) is 11.6 Å². The minimum atomic E-state index is -0.229. The van der Waals surface area contributed by atoms with E-state index in [0.717, 1.165) is 16.6 Å². The van der Waals surface area contributed by atoms with Crippen LogP contribution >= 0.6 is 11.6 Å². The first-order valence-electron chi connectivity index (χ1n) is 7.61. The number of nitrogens with one attached hydrogen (secondary N) is 1. The molecule has 3 rings (SSSR count). The van der Waals surface area contributed by atoms with Gasteiger partial charge in [0, 0.05) is 22.5 Å². The standard InChI is InChI=1S/C18H17ClN4O/c1-12(2)23-18-14(10-21-23)9-16(11-20-18)22-17(24)7-6-13-4-3-5-15(19)8-13/h3-12H,1-2H3,(H,22,24)/b7-6+. The van der Waals surface area contributed by atoms with Gasteiger partial charge in [-0.25, -0.2) is 9.67 Å². The minimum absolute atomic E-state index is 0.229. The van der Waals surface area contributed by atoms with Crippen molar-refractivity contribution in [3.8, 4) is 0 Å². The van der Waals surface area contributed by atoms with Gasteiger partial charge in [0.25, 0.3) is 0 Å². The molecule has 0 spiro atoms. The summed E-state index contributed by atoms with van der Waals surface area (Å²) in [5.41, 5.74) is 2.30. The number of fused-ring (bicyclic) bond motifs is 1. The van der Waals surface area contributed by atoms with Crippen molar-refractivity contribution in [2.24, 2.45) is 0 Å². The number of nitrogens with zero attached hydrogens (tertiary/aromatic N) is 3. The van der Waals surface area contributed by atoms with Crippen molar-refractivity contribution in [2.75, 3.05) is 5.32 Å². The zero-order valence-corrected chi connectivity index (χ0v) is 14.2. The number of carbonyl (C=O) groups excluding carboxylic acids is 1. The second-order valence-electron chi connectivity index (χ2n) is 5.70. The van der Waals surface area contributed by atoms with Gasteiger partial charge in [0.05, 0.1) is 18.1 Å². The van der Waals surface area contributed by atoms with E-state index in [0.29, 0.717) is 10.7 Å². The average molecular weight is 341 g/mol. The fourth-order valence-electron chi connectivity index (χ4n) is 2.35. The van der Waals surface area contributed by atoms with Gasteiger partial charge in [0.1, 0.15) is 0 Å². The maximum absolute atomic E-state index is 12.0. The Morgan fingerprint density at radius 1 is 1.29 bits per heavy atom. The van der Waals surface area contributed by atoms with Crippen LogP contribution in [0, 0.1) is 0 Å². The Labute approximate surface area is 145 Å². The van der Waals surface area contributed by atoms with Crippen LogP contribution in [0.15, 0.2) is 48.8 Å². The van der Waals surface area contributed by atoms with Gasteiger partial charge in [-0.05, 0) is 43.7 Å². The zero-order valence-electron chi connectivity index (χ0n) is 13.4. The maximum atomic E-state index is 12.0. The highest BCUT2D eigenvalue weighted by Crippen LogP contribution is 2.19. The third kappa shape index (κ3) is 3.63. The van der Waals surface area contributed by atoms with Gasteiger partial charge in [-0.3, -0.25) is 4.79 Å². The second-order valence-corrected chi connectivity index (χ2v) is 6.13. The van der Waals surface area contributed by atoms with Crippen LogP contribution in [0.5, 0.6) is 0 Å². The minimum Gasteiger partial charge on any atom is -0.321 e. The number of anilines is 1. The molecule has 122 valence electrons. The number of hydrogen-bond acceptors (Lipinski definition) is 3. The molecule has 0 atom stereocenters. The van der Waals surface area contributed by atoms with Gasteiger partial charge in [-0.2, -0.15) is 5.10 Å². The SMILES string of the molecule is CC(C)n1ncc2cc(NC(=O)/C=C/c3cccc(Cl)c3)cnc21. The molecule has 0 saturated heterocycles. The third-order valence-electron chi connectivity index (χ3n) is 3.47. The molecule has 0 radical (unpaired) electrons. The Hall–Kier alpha value is -2.66. The normalized spacial score (nSPS) is 11.5. The van der Waals surface area contributed by atoms with Crippen molar-refractivity contribution in [3.05, 3.63) is 59.4 Å². The molecule has 0 bridgehead atoms. The van der Waals surface area contributed by atoms with Gasteiger partial charge in [-0.1, -0.05) is 23.7 Å². The number of aromatic nitrogens is 3. The molecule has 2 aromatic heterocycles. The van der Waals surface area contributed by atoms with Crippen LogP contribution in [0.3, 0.4) is 0 Å². The molecule has 24 heavy (non-hydrogen) atoms. The second kappa shape index (κ2) is 6.84. The van der Waals surface area contributed by atoms with Gasteiger partial charge in [0.15, 0.2) is 5.65 Å². The number of halogens is 1. The Balaban J connectivity index is 1.73. The Kier molecular flexibility index (Phi) is 4.62. The first-order valence-corrected chi connectivity index (χ1v) is 7.98. The summed E-state index contributed by atoms with van der Waals surface area (Å²) >= 11 is 5.92. The average Bonchev–Trinajstić information content (AvgIpc) is 2.96. The van der Waals surface area contributed by atoms with E-state index in [1.165, 1.54) is 6.08 Å². The Bertz CT molecular complexity index is 914. The lowest BCUT2D eigenvalue weighted by molar-refractivity contribution is -0.111. The third-order valence-corrected chi connectivity index (χ3v) is 3.70.